The summed E-state index contributed by atoms with van der Waals surface area (Å²) in [5, 5.41) is 14.1. The molecule has 2 N–H and O–H groups in total. The van der Waals surface area contributed by atoms with Crippen molar-refractivity contribution in [1.82, 2.24) is 10.3 Å². The minimum atomic E-state index is -1.19. The van der Waals surface area contributed by atoms with Crippen LogP contribution in [0, 0.1) is 11.3 Å². The molecule has 1 aliphatic carbocycles. The van der Waals surface area contributed by atoms with E-state index in [4.69, 9.17) is 25.8 Å². The molecule has 194 valence electrons. The van der Waals surface area contributed by atoms with Gasteiger partial charge in [0.15, 0.2) is 17.0 Å². The Kier molecular flexibility index (Phi) is 7.96. The molecule has 1 aliphatic heterocycles. The number of halogens is 1. The molecule has 11 heteroatoms. The summed E-state index contributed by atoms with van der Waals surface area (Å²) in [6, 6.07) is 4.84. The third-order valence-electron chi connectivity index (χ3n) is 7.34. The number of carboxylic acid groups (broad SMARTS) is 1. The zero-order valence-corrected chi connectivity index (χ0v) is 21.7. The quantitative estimate of drug-likeness (QED) is 0.353. The van der Waals surface area contributed by atoms with Gasteiger partial charge in [-0.2, -0.15) is 0 Å². The Balaban J connectivity index is 1.59. The summed E-state index contributed by atoms with van der Waals surface area (Å²) in [7, 11) is 1.54. The molecule has 1 aromatic heterocycles. The van der Waals surface area contributed by atoms with Gasteiger partial charge in [0.05, 0.1) is 24.2 Å². The van der Waals surface area contributed by atoms with E-state index >= 15 is 0 Å². The van der Waals surface area contributed by atoms with E-state index in [0.29, 0.717) is 48.8 Å². The van der Waals surface area contributed by atoms with Gasteiger partial charge in [-0.05, 0) is 55.7 Å². The fourth-order valence-corrected chi connectivity index (χ4v) is 6.13. The first-order chi connectivity index (χ1) is 17.2. The highest BCUT2D eigenvalue weighted by Gasteiger charge is 2.55. The third kappa shape index (κ3) is 4.99. The lowest BCUT2D eigenvalue weighted by Crippen LogP contribution is -2.60. The average molecular weight is 537 g/mol. The maximum Gasteiger partial charge on any atom is 0.404 e. The molecule has 9 nitrogen and oxygen atoms in total. The summed E-state index contributed by atoms with van der Waals surface area (Å²) < 4.78 is 16.8. The second-order valence-corrected chi connectivity index (χ2v) is 10.1. The van der Waals surface area contributed by atoms with E-state index in [-0.39, 0.29) is 18.5 Å². The summed E-state index contributed by atoms with van der Waals surface area (Å²) in [6.45, 7) is 1.62. The van der Waals surface area contributed by atoms with Crippen LogP contribution in [0.4, 0.5) is 4.79 Å². The van der Waals surface area contributed by atoms with Gasteiger partial charge in [-0.25, -0.2) is 9.78 Å². The Hall–Kier alpha value is -2.56. The number of carbonyl (C=O) groups excluding carboxylic acids is 2. The first-order valence-electron chi connectivity index (χ1n) is 11.8. The van der Waals surface area contributed by atoms with E-state index in [2.05, 4.69) is 22.9 Å². The molecule has 0 spiro atoms. The molecular formula is C25H29ClN2O7S. The van der Waals surface area contributed by atoms with Crippen molar-refractivity contribution >= 4 is 52.7 Å². The van der Waals surface area contributed by atoms with Crippen molar-refractivity contribution < 1.29 is 33.7 Å². The van der Waals surface area contributed by atoms with E-state index in [1.807, 2.05) is 19.1 Å². The zero-order valence-electron chi connectivity index (χ0n) is 20.0. The van der Waals surface area contributed by atoms with Crippen molar-refractivity contribution in [3.63, 3.8) is 0 Å². The number of benzene rings is 1. The van der Waals surface area contributed by atoms with E-state index in [9.17, 15) is 19.5 Å². The molecule has 2 aliphatic rings. The van der Waals surface area contributed by atoms with Crippen LogP contribution in [0.25, 0.3) is 10.8 Å². The Labute approximate surface area is 219 Å². The normalized spacial score (nSPS) is 27.5. The third-order valence-corrected chi connectivity index (χ3v) is 8.04. The maximum atomic E-state index is 13.1. The highest BCUT2D eigenvalue weighted by atomic mass is 35.5. The Bertz CT molecular complexity index is 1170. The van der Waals surface area contributed by atoms with Crippen LogP contribution in [0.2, 0.25) is 5.02 Å². The van der Waals surface area contributed by atoms with Gasteiger partial charge in [0.1, 0.15) is 12.4 Å². The van der Waals surface area contributed by atoms with Gasteiger partial charge in [0.25, 0.3) is 0 Å². The zero-order chi connectivity index (χ0) is 26.0. The standard InChI is InChI=1S/C25H29ClN2O7S/c1-3-19(28-24(31)32)25(20-17(29)12-34-23(36)21(20)30)7-4-14(5-8-25)35-18-10-13-6-9-27-22(33-2)15(13)11-16(18)26/h6,9-11,14,19-20,23,28,36H,3-5,7-8,12H2,1-2H3,(H,31,32). The smallest absolute Gasteiger partial charge is 0.404 e. The van der Waals surface area contributed by atoms with Gasteiger partial charge in [-0.1, -0.05) is 18.5 Å². The molecule has 1 amide bonds. The van der Waals surface area contributed by atoms with Gasteiger partial charge < -0.3 is 24.6 Å². The molecule has 4 rings (SSSR count). The highest BCUT2D eigenvalue weighted by Crippen LogP contribution is 2.50. The second-order valence-electron chi connectivity index (χ2n) is 9.25. The van der Waals surface area contributed by atoms with Crippen molar-refractivity contribution in [2.45, 2.75) is 56.6 Å². The van der Waals surface area contributed by atoms with E-state index in [1.165, 1.54) is 0 Å². The molecule has 2 heterocycles. The van der Waals surface area contributed by atoms with E-state index in [0.717, 1.165) is 10.8 Å². The lowest BCUT2D eigenvalue weighted by atomic mass is 9.58. The summed E-state index contributed by atoms with van der Waals surface area (Å²) in [4.78, 5) is 41.8. The predicted octanol–water partition coefficient (Wildman–Crippen LogP) is 4.29. The van der Waals surface area contributed by atoms with Gasteiger partial charge in [-0.3, -0.25) is 9.59 Å². The maximum absolute atomic E-state index is 13.1. The van der Waals surface area contributed by atoms with Crippen molar-refractivity contribution in [3.8, 4) is 11.6 Å². The van der Waals surface area contributed by atoms with Gasteiger partial charge in [0.2, 0.25) is 5.88 Å². The first kappa shape index (κ1) is 26.5. The minimum Gasteiger partial charge on any atom is -0.489 e. The number of ketones is 2. The van der Waals surface area contributed by atoms with Crippen LogP contribution >= 0.6 is 24.2 Å². The fraction of sp³-hybridized carbons (Fsp3) is 0.520. The molecule has 2 fully saturated rings. The number of hydrogen-bond acceptors (Lipinski definition) is 8. The SMILES string of the molecule is CCC(NC(=O)O)C1(C2C(=O)COC(S)C2=O)CCC(Oc2cc3ccnc(OC)c3cc2Cl)CC1. The van der Waals surface area contributed by atoms with Gasteiger partial charge >= 0.3 is 6.09 Å². The van der Waals surface area contributed by atoms with E-state index < -0.39 is 34.7 Å². The van der Waals surface area contributed by atoms with Crippen molar-refractivity contribution in [1.29, 1.82) is 0 Å². The topological polar surface area (TPSA) is 124 Å². The number of rotatable bonds is 7. The number of methoxy groups -OCH3 is 1. The number of pyridine rings is 1. The molecule has 0 bridgehead atoms. The first-order valence-corrected chi connectivity index (χ1v) is 12.7. The van der Waals surface area contributed by atoms with Crippen LogP contribution in [0.1, 0.15) is 39.0 Å². The number of ether oxygens (including phenoxy) is 3. The molecule has 1 saturated carbocycles. The summed E-state index contributed by atoms with van der Waals surface area (Å²) in [5.41, 5.74) is -1.90. The van der Waals surface area contributed by atoms with Crippen LogP contribution < -0.4 is 14.8 Å². The number of nitrogens with zero attached hydrogens (tertiary/aromatic N) is 1. The van der Waals surface area contributed by atoms with Crippen LogP contribution in [0.5, 0.6) is 11.6 Å². The fourth-order valence-electron chi connectivity index (χ4n) is 5.70. The van der Waals surface area contributed by atoms with E-state index in [1.54, 1.807) is 19.4 Å². The molecular weight excluding hydrogens is 508 g/mol. The largest absolute Gasteiger partial charge is 0.489 e. The molecule has 1 aromatic carbocycles. The lowest BCUT2D eigenvalue weighted by molar-refractivity contribution is -0.157. The molecule has 36 heavy (non-hydrogen) atoms. The Morgan fingerprint density at radius 1 is 1.36 bits per heavy atom. The monoisotopic (exact) mass is 536 g/mol. The molecule has 3 unspecified atom stereocenters. The van der Waals surface area contributed by atoms with Crippen LogP contribution in [0.15, 0.2) is 24.4 Å². The summed E-state index contributed by atoms with van der Waals surface area (Å²) >= 11 is 10.7. The van der Waals surface area contributed by atoms with Gasteiger partial charge in [0, 0.05) is 23.0 Å². The van der Waals surface area contributed by atoms with Crippen LogP contribution in [0.3, 0.4) is 0 Å². The lowest BCUT2D eigenvalue weighted by Gasteiger charge is -2.50. The second kappa shape index (κ2) is 10.8. The minimum absolute atomic E-state index is 0.221. The Morgan fingerprint density at radius 2 is 2.08 bits per heavy atom. The number of nitrogens with one attached hydrogen (secondary N) is 1. The van der Waals surface area contributed by atoms with Crippen molar-refractivity contribution in [3.05, 3.63) is 29.4 Å². The average Bonchev–Trinajstić information content (AvgIpc) is 2.86. The molecule has 3 atom stereocenters. The predicted molar refractivity (Wildman–Crippen MR) is 136 cm³/mol. The Morgan fingerprint density at radius 3 is 2.72 bits per heavy atom. The van der Waals surface area contributed by atoms with Crippen LogP contribution in [-0.2, 0) is 14.3 Å². The van der Waals surface area contributed by atoms with Crippen molar-refractivity contribution in [2.75, 3.05) is 13.7 Å². The number of Topliss-reactive ketones (excluding diaryl/α,β-unsaturated/α-hetero) is 2. The number of hydrogen-bond donors (Lipinski definition) is 3. The number of carbonyl (C=O) groups is 3. The summed E-state index contributed by atoms with van der Waals surface area (Å²) in [5.74, 6) is -0.765. The van der Waals surface area contributed by atoms with Gasteiger partial charge in [-0.15, -0.1) is 12.6 Å². The van der Waals surface area contributed by atoms with Crippen LogP contribution in [-0.4, -0.2) is 59.0 Å². The molecule has 1 saturated heterocycles. The number of amides is 1. The number of fused-ring (bicyclic) bond motifs is 1. The molecule has 2 aromatic rings. The van der Waals surface area contributed by atoms with Crippen molar-refractivity contribution in [2.24, 2.45) is 11.3 Å². The number of aromatic nitrogens is 1. The summed E-state index contributed by atoms with van der Waals surface area (Å²) in [6.07, 6.45) is 2.52. The molecule has 0 radical (unpaired) electrons. The number of thiol groups is 1. The highest BCUT2D eigenvalue weighted by molar-refractivity contribution is 7.81.